The SMILES string of the molecule is CC(C)N1CCN(CCCn2nnnc2S)CC1.Cl.Cl. The number of tetrazole rings is 1. The zero-order chi connectivity index (χ0) is 13.0. The Morgan fingerprint density at radius 3 is 2.25 bits per heavy atom. The Bertz CT molecular complexity index is 368. The number of piperazine rings is 1. The van der Waals surface area contributed by atoms with Crippen LogP contribution in [0.2, 0.25) is 0 Å². The summed E-state index contributed by atoms with van der Waals surface area (Å²) in [7, 11) is 0. The predicted octanol–water partition coefficient (Wildman–Crippen LogP) is 1.22. The molecule has 0 radical (unpaired) electrons. The molecule has 0 unspecified atom stereocenters. The van der Waals surface area contributed by atoms with E-state index in [4.69, 9.17) is 0 Å². The molecule has 1 aliphatic heterocycles. The molecule has 0 spiro atoms. The van der Waals surface area contributed by atoms with E-state index >= 15 is 0 Å². The summed E-state index contributed by atoms with van der Waals surface area (Å²) in [6.45, 7) is 11.2. The lowest BCUT2D eigenvalue weighted by molar-refractivity contribution is 0.106. The number of rotatable bonds is 5. The van der Waals surface area contributed by atoms with Crippen LogP contribution in [-0.2, 0) is 6.54 Å². The maximum Gasteiger partial charge on any atom is 0.206 e. The van der Waals surface area contributed by atoms with E-state index in [2.05, 4.69) is 51.8 Å². The third-order valence-electron chi connectivity index (χ3n) is 3.49. The molecule has 1 aromatic rings. The van der Waals surface area contributed by atoms with Gasteiger partial charge in [-0.05, 0) is 30.7 Å². The Kier molecular flexibility index (Phi) is 9.74. The van der Waals surface area contributed by atoms with Gasteiger partial charge in [0.15, 0.2) is 0 Å². The molecule has 118 valence electrons. The van der Waals surface area contributed by atoms with Gasteiger partial charge in [-0.2, -0.15) is 0 Å². The largest absolute Gasteiger partial charge is 0.301 e. The molecule has 0 bridgehead atoms. The summed E-state index contributed by atoms with van der Waals surface area (Å²) in [5.41, 5.74) is 0. The van der Waals surface area contributed by atoms with Gasteiger partial charge in [0, 0.05) is 45.3 Å². The number of aryl methyl sites for hydroxylation is 1. The zero-order valence-corrected chi connectivity index (χ0v) is 14.5. The minimum atomic E-state index is 0. The minimum absolute atomic E-state index is 0. The zero-order valence-electron chi connectivity index (χ0n) is 12.0. The van der Waals surface area contributed by atoms with Crippen molar-refractivity contribution in [3.63, 3.8) is 0 Å². The van der Waals surface area contributed by atoms with Crippen LogP contribution in [0.25, 0.3) is 0 Å². The Hall–Kier alpha value is -0.0800. The predicted molar refractivity (Wildman–Crippen MR) is 87.3 cm³/mol. The lowest BCUT2D eigenvalue weighted by Crippen LogP contribution is -2.49. The lowest BCUT2D eigenvalue weighted by atomic mass is 10.2. The molecule has 1 fully saturated rings. The van der Waals surface area contributed by atoms with Crippen molar-refractivity contribution in [2.75, 3.05) is 32.7 Å². The maximum atomic E-state index is 4.19. The van der Waals surface area contributed by atoms with E-state index in [9.17, 15) is 0 Å². The van der Waals surface area contributed by atoms with Crippen LogP contribution in [0.15, 0.2) is 5.16 Å². The van der Waals surface area contributed by atoms with Crippen LogP contribution in [0.1, 0.15) is 20.3 Å². The Morgan fingerprint density at radius 2 is 1.75 bits per heavy atom. The summed E-state index contributed by atoms with van der Waals surface area (Å²) in [4.78, 5) is 5.05. The molecule has 1 aliphatic rings. The fourth-order valence-electron chi connectivity index (χ4n) is 2.29. The number of halogens is 2. The topological polar surface area (TPSA) is 50.1 Å². The van der Waals surface area contributed by atoms with Gasteiger partial charge in [-0.3, -0.25) is 4.90 Å². The van der Waals surface area contributed by atoms with E-state index in [0.29, 0.717) is 11.2 Å². The van der Waals surface area contributed by atoms with Gasteiger partial charge in [0.05, 0.1) is 0 Å². The van der Waals surface area contributed by atoms with Gasteiger partial charge < -0.3 is 4.90 Å². The Labute approximate surface area is 138 Å². The van der Waals surface area contributed by atoms with Crippen molar-refractivity contribution in [3.8, 4) is 0 Å². The standard InChI is InChI=1S/C11H22N6S.2ClH/c1-10(2)16-8-6-15(7-9-16)4-3-5-17-11(18)12-13-14-17;;/h10H,3-9H2,1-2H3,(H,12,14,18);2*1H. The van der Waals surface area contributed by atoms with Crippen LogP contribution in [0.4, 0.5) is 0 Å². The van der Waals surface area contributed by atoms with E-state index in [1.165, 1.54) is 26.2 Å². The highest BCUT2D eigenvalue weighted by Gasteiger charge is 2.18. The molecular formula is C11H24Cl2N6S. The Morgan fingerprint density at radius 1 is 1.10 bits per heavy atom. The van der Waals surface area contributed by atoms with Gasteiger partial charge in [-0.1, -0.05) is 0 Å². The second kappa shape index (κ2) is 9.78. The van der Waals surface area contributed by atoms with Gasteiger partial charge in [0.2, 0.25) is 5.16 Å². The highest BCUT2D eigenvalue weighted by molar-refractivity contribution is 7.80. The molecule has 0 amide bonds. The number of hydrogen-bond donors (Lipinski definition) is 1. The highest BCUT2D eigenvalue weighted by Crippen LogP contribution is 2.07. The molecule has 6 nitrogen and oxygen atoms in total. The number of nitrogens with zero attached hydrogens (tertiary/aromatic N) is 6. The fourth-order valence-corrected chi connectivity index (χ4v) is 2.47. The second-order valence-electron chi connectivity index (χ2n) is 5.03. The van der Waals surface area contributed by atoms with Crippen molar-refractivity contribution in [1.29, 1.82) is 0 Å². The van der Waals surface area contributed by atoms with Crippen molar-refractivity contribution in [1.82, 2.24) is 30.0 Å². The van der Waals surface area contributed by atoms with E-state index in [1.54, 1.807) is 4.68 Å². The first-order valence-corrected chi connectivity index (χ1v) is 7.03. The maximum absolute atomic E-state index is 4.19. The van der Waals surface area contributed by atoms with Gasteiger partial charge in [0.25, 0.3) is 0 Å². The monoisotopic (exact) mass is 342 g/mol. The average Bonchev–Trinajstić information content (AvgIpc) is 2.76. The number of hydrogen-bond acceptors (Lipinski definition) is 6. The summed E-state index contributed by atoms with van der Waals surface area (Å²) >= 11 is 4.19. The van der Waals surface area contributed by atoms with Crippen molar-refractivity contribution >= 4 is 37.4 Å². The lowest BCUT2D eigenvalue weighted by Gasteiger charge is -2.36. The molecule has 1 saturated heterocycles. The van der Waals surface area contributed by atoms with Crippen LogP contribution in [0.3, 0.4) is 0 Å². The van der Waals surface area contributed by atoms with Crippen LogP contribution < -0.4 is 0 Å². The van der Waals surface area contributed by atoms with E-state index in [0.717, 1.165) is 19.5 Å². The third-order valence-corrected chi connectivity index (χ3v) is 3.81. The summed E-state index contributed by atoms with van der Waals surface area (Å²) in [5, 5.41) is 11.8. The smallest absolute Gasteiger partial charge is 0.206 e. The molecule has 2 heterocycles. The van der Waals surface area contributed by atoms with Gasteiger partial charge in [-0.25, -0.2) is 4.68 Å². The van der Waals surface area contributed by atoms with Crippen molar-refractivity contribution in [2.45, 2.75) is 38.0 Å². The summed E-state index contributed by atoms with van der Waals surface area (Å²) in [6, 6.07) is 0.667. The van der Waals surface area contributed by atoms with Gasteiger partial charge in [-0.15, -0.1) is 42.5 Å². The summed E-state index contributed by atoms with van der Waals surface area (Å²) in [6.07, 6.45) is 1.07. The second-order valence-corrected chi connectivity index (χ2v) is 5.43. The minimum Gasteiger partial charge on any atom is -0.301 e. The fraction of sp³-hybridized carbons (Fsp3) is 0.909. The first kappa shape index (κ1) is 19.9. The molecule has 1 aromatic heterocycles. The first-order chi connectivity index (χ1) is 8.66. The van der Waals surface area contributed by atoms with Crippen molar-refractivity contribution in [2.24, 2.45) is 0 Å². The normalized spacial score (nSPS) is 16.8. The van der Waals surface area contributed by atoms with Crippen LogP contribution in [-0.4, -0.2) is 68.8 Å². The van der Waals surface area contributed by atoms with E-state index in [-0.39, 0.29) is 24.8 Å². The summed E-state index contributed by atoms with van der Waals surface area (Å²) < 4.78 is 1.74. The molecular weight excluding hydrogens is 319 g/mol. The molecule has 0 N–H and O–H groups in total. The Balaban J connectivity index is 0.00000180. The van der Waals surface area contributed by atoms with Gasteiger partial charge >= 0.3 is 0 Å². The molecule has 2 rings (SSSR count). The highest BCUT2D eigenvalue weighted by atomic mass is 35.5. The van der Waals surface area contributed by atoms with Crippen LogP contribution in [0, 0.1) is 0 Å². The molecule has 0 atom stereocenters. The average molecular weight is 343 g/mol. The van der Waals surface area contributed by atoms with E-state index in [1.807, 2.05) is 0 Å². The first-order valence-electron chi connectivity index (χ1n) is 6.58. The van der Waals surface area contributed by atoms with Crippen molar-refractivity contribution in [3.05, 3.63) is 0 Å². The van der Waals surface area contributed by atoms with Crippen molar-refractivity contribution < 1.29 is 0 Å². The molecule has 20 heavy (non-hydrogen) atoms. The third kappa shape index (κ3) is 5.73. The molecule has 0 aromatic carbocycles. The van der Waals surface area contributed by atoms with E-state index < -0.39 is 0 Å². The van der Waals surface area contributed by atoms with Crippen LogP contribution in [0.5, 0.6) is 0 Å². The quantitative estimate of drug-likeness (QED) is 0.815. The number of thiol groups is 1. The molecule has 0 aliphatic carbocycles. The van der Waals surface area contributed by atoms with Gasteiger partial charge in [0.1, 0.15) is 0 Å². The molecule has 9 heteroatoms. The molecule has 0 saturated carbocycles. The number of aromatic nitrogens is 4. The summed E-state index contributed by atoms with van der Waals surface area (Å²) in [5.74, 6) is 0. The van der Waals surface area contributed by atoms with Crippen LogP contribution >= 0.6 is 37.4 Å².